The molecular weight excluding hydrogens is 174 g/mol. The molecule has 1 aliphatic carbocycles. The largest absolute Gasteiger partial charge is 0.314 e. The molecule has 2 fully saturated rings. The average molecular weight is 197 g/mol. The predicted molar refractivity (Wildman–Crippen MR) is 59.6 cm³/mol. The topological polar surface area (TPSA) is 18.5 Å². The molecule has 0 aromatic carbocycles. The monoisotopic (exact) mass is 197 g/mol. The summed E-state index contributed by atoms with van der Waals surface area (Å²) in [5.41, 5.74) is 0. The highest BCUT2D eigenvalue weighted by atomic mass is 15.3. The Labute approximate surface area is 87.4 Å². The molecule has 1 aliphatic heterocycles. The van der Waals surface area contributed by atoms with Crippen molar-refractivity contribution < 1.29 is 0 Å². The fourth-order valence-electron chi connectivity index (χ4n) is 2.96. The summed E-state index contributed by atoms with van der Waals surface area (Å²) in [7, 11) is 4.45. The van der Waals surface area contributed by atoms with Gasteiger partial charge >= 0.3 is 0 Å². The quantitative estimate of drug-likeness (QED) is 0.690. The molecule has 1 heterocycles. The van der Waals surface area contributed by atoms with Gasteiger partial charge in [0.2, 0.25) is 0 Å². The van der Waals surface area contributed by atoms with Gasteiger partial charge in [-0.25, -0.2) is 0 Å². The third-order valence-corrected chi connectivity index (χ3v) is 3.73. The molecule has 82 valence electrons. The molecule has 1 saturated carbocycles. The van der Waals surface area contributed by atoms with Gasteiger partial charge in [0, 0.05) is 38.3 Å². The molecule has 0 unspecified atom stereocenters. The lowest BCUT2D eigenvalue weighted by atomic mass is 10.1. The van der Waals surface area contributed by atoms with Crippen molar-refractivity contribution in [2.24, 2.45) is 0 Å². The molecule has 1 saturated heterocycles. The van der Waals surface area contributed by atoms with Crippen LogP contribution in [0.15, 0.2) is 0 Å². The summed E-state index contributed by atoms with van der Waals surface area (Å²) in [6.45, 7) is 4.84. The Morgan fingerprint density at radius 1 is 1.14 bits per heavy atom. The first-order valence-corrected chi connectivity index (χ1v) is 5.90. The third kappa shape index (κ3) is 2.10. The smallest absolute Gasteiger partial charge is 0.0252 e. The maximum absolute atomic E-state index is 3.43. The highest BCUT2D eigenvalue weighted by Crippen LogP contribution is 2.27. The van der Waals surface area contributed by atoms with E-state index >= 15 is 0 Å². The van der Waals surface area contributed by atoms with E-state index in [1.165, 1.54) is 45.4 Å². The fourth-order valence-corrected chi connectivity index (χ4v) is 2.96. The summed E-state index contributed by atoms with van der Waals surface area (Å²) in [5, 5.41) is 3.43. The predicted octanol–water partition coefficient (Wildman–Crippen LogP) is 0.374. The van der Waals surface area contributed by atoms with Gasteiger partial charge in [0.15, 0.2) is 0 Å². The van der Waals surface area contributed by atoms with Crippen molar-refractivity contribution in [3.63, 3.8) is 0 Å². The van der Waals surface area contributed by atoms with Gasteiger partial charge in [-0.2, -0.15) is 0 Å². The van der Waals surface area contributed by atoms with Crippen LogP contribution >= 0.6 is 0 Å². The van der Waals surface area contributed by atoms with Crippen LogP contribution in [0.4, 0.5) is 0 Å². The van der Waals surface area contributed by atoms with Crippen molar-refractivity contribution in [3.8, 4) is 0 Å². The lowest BCUT2D eigenvalue weighted by Gasteiger charge is -2.38. The van der Waals surface area contributed by atoms with E-state index in [2.05, 4.69) is 29.2 Å². The Hall–Kier alpha value is -0.120. The Morgan fingerprint density at radius 2 is 1.86 bits per heavy atom. The first-order chi connectivity index (χ1) is 6.79. The molecule has 0 amide bonds. The van der Waals surface area contributed by atoms with Crippen molar-refractivity contribution in [2.75, 3.05) is 40.3 Å². The number of nitrogens with zero attached hydrogens (tertiary/aromatic N) is 2. The fraction of sp³-hybridized carbons (Fsp3) is 1.00. The summed E-state index contributed by atoms with van der Waals surface area (Å²) in [6.07, 6.45) is 4.21. The van der Waals surface area contributed by atoms with Crippen molar-refractivity contribution in [2.45, 2.75) is 31.3 Å². The van der Waals surface area contributed by atoms with Gasteiger partial charge in [-0.15, -0.1) is 0 Å². The summed E-state index contributed by atoms with van der Waals surface area (Å²) < 4.78 is 0. The zero-order valence-corrected chi connectivity index (χ0v) is 9.50. The number of likely N-dealkylation sites (N-methyl/N-ethyl adjacent to an activating group) is 1. The minimum Gasteiger partial charge on any atom is -0.314 e. The molecule has 0 bridgehead atoms. The first-order valence-electron chi connectivity index (χ1n) is 5.90. The van der Waals surface area contributed by atoms with Crippen LogP contribution < -0.4 is 5.32 Å². The molecule has 0 radical (unpaired) electrons. The zero-order chi connectivity index (χ0) is 9.97. The van der Waals surface area contributed by atoms with Gasteiger partial charge in [0.05, 0.1) is 0 Å². The van der Waals surface area contributed by atoms with Crippen LogP contribution in [0.1, 0.15) is 19.3 Å². The van der Waals surface area contributed by atoms with Gasteiger partial charge in [0.25, 0.3) is 0 Å². The minimum absolute atomic E-state index is 0.799. The van der Waals surface area contributed by atoms with E-state index in [0.29, 0.717) is 0 Å². The molecule has 0 aromatic heterocycles. The van der Waals surface area contributed by atoms with E-state index < -0.39 is 0 Å². The van der Waals surface area contributed by atoms with E-state index in [9.17, 15) is 0 Å². The Morgan fingerprint density at radius 3 is 2.50 bits per heavy atom. The number of hydrogen-bond acceptors (Lipinski definition) is 3. The van der Waals surface area contributed by atoms with Crippen molar-refractivity contribution >= 4 is 0 Å². The molecule has 3 heteroatoms. The van der Waals surface area contributed by atoms with Crippen LogP contribution in [0.2, 0.25) is 0 Å². The highest BCUT2D eigenvalue weighted by Gasteiger charge is 2.33. The number of piperazine rings is 1. The Bertz CT molecular complexity index is 175. The molecule has 0 aromatic rings. The van der Waals surface area contributed by atoms with Crippen LogP contribution in [-0.4, -0.2) is 62.2 Å². The van der Waals surface area contributed by atoms with E-state index in [4.69, 9.17) is 0 Å². The molecule has 2 rings (SSSR count). The van der Waals surface area contributed by atoms with Gasteiger partial charge in [0.1, 0.15) is 0 Å². The molecule has 14 heavy (non-hydrogen) atoms. The van der Waals surface area contributed by atoms with Crippen molar-refractivity contribution in [1.29, 1.82) is 0 Å². The zero-order valence-electron chi connectivity index (χ0n) is 9.50. The van der Waals surface area contributed by atoms with Crippen LogP contribution in [0.25, 0.3) is 0 Å². The second kappa shape index (κ2) is 4.60. The first kappa shape index (κ1) is 10.4. The molecule has 2 aliphatic rings. The van der Waals surface area contributed by atoms with Crippen LogP contribution in [-0.2, 0) is 0 Å². The average Bonchev–Trinajstić information content (AvgIpc) is 2.67. The van der Waals surface area contributed by atoms with Crippen LogP contribution in [0.5, 0.6) is 0 Å². The van der Waals surface area contributed by atoms with E-state index in [1.54, 1.807) is 0 Å². The van der Waals surface area contributed by atoms with Gasteiger partial charge in [-0.3, -0.25) is 4.90 Å². The highest BCUT2D eigenvalue weighted by molar-refractivity contribution is 4.91. The maximum atomic E-state index is 3.43. The summed E-state index contributed by atoms with van der Waals surface area (Å²) in [5.74, 6) is 0. The molecule has 3 nitrogen and oxygen atoms in total. The second-order valence-corrected chi connectivity index (χ2v) is 4.82. The van der Waals surface area contributed by atoms with Crippen molar-refractivity contribution in [3.05, 3.63) is 0 Å². The normalized spacial score (nSPS) is 35.4. The van der Waals surface area contributed by atoms with Gasteiger partial charge in [-0.1, -0.05) is 6.42 Å². The number of hydrogen-bond donors (Lipinski definition) is 1. The van der Waals surface area contributed by atoms with E-state index in [-0.39, 0.29) is 0 Å². The Kier molecular flexibility index (Phi) is 3.42. The minimum atomic E-state index is 0.799. The Balaban J connectivity index is 1.94. The molecular formula is C11H23N3. The standard InChI is InChI=1S/C11H23N3/c1-13(2)10-4-3-5-11(10)14-8-6-12-7-9-14/h10-12H,3-9H2,1-2H3/t10-,11-/m1/s1. The maximum Gasteiger partial charge on any atom is 0.0252 e. The molecule has 1 N–H and O–H groups in total. The van der Waals surface area contributed by atoms with Crippen LogP contribution in [0, 0.1) is 0 Å². The summed E-state index contributed by atoms with van der Waals surface area (Å²) in [4.78, 5) is 5.11. The molecule has 0 spiro atoms. The SMILES string of the molecule is CN(C)[C@@H]1CCC[C@H]1N1CCNCC1. The lowest BCUT2D eigenvalue weighted by Crippen LogP contribution is -2.53. The molecule has 2 atom stereocenters. The third-order valence-electron chi connectivity index (χ3n) is 3.73. The second-order valence-electron chi connectivity index (χ2n) is 4.82. The number of rotatable bonds is 2. The van der Waals surface area contributed by atoms with Crippen LogP contribution in [0.3, 0.4) is 0 Å². The van der Waals surface area contributed by atoms with E-state index in [0.717, 1.165) is 12.1 Å². The lowest BCUT2D eigenvalue weighted by molar-refractivity contribution is 0.114. The van der Waals surface area contributed by atoms with Crippen molar-refractivity contribution in [1.82, 2.24) is 15.1 Å². The number of nitrogens with one attached hydrogen (secondary N) is 1. The van der Waals surface area contributed by atoms with Gasteiger partial charge in [-0.05, 0) is 26.9 Å². The van der Waals surface area contributed by atoms with Gasteiger partial charge < -0.3 is 10.2 Å². The van der Waals surface area contributed by atoms with E-state index in [1.807, 2.05) is 0 Å². The summed E-state index contributed by atoms with van der Waals surface area (Å²) >= 11 is 0. The summed E-state index contributed by atoms with van der Waals surface area (Å²) in [6, 6.07) is 1.63.